The van der Waals surface area contributed by atoms with Gasteiger partial charge in [-0.15, -0.1) is 0 Å². The summed E-state index contributed by atoms with van der Waals surface area (Å²) in [6, 6.07) is 5.23. The zero-order valence-electron chi connectivity index (χ0n) is 23.1. The molecule has 8 rings (SSSR count). The molecule has 0 spiro atoms. The zero-order chi connectivity index (χ0) is 28.6. The summed E-state index contributed by atoms with van der Waals surface area (Å²) in [4.78, 5) is 18.8. The molecule has 0 radical (unpaired) electrons. The number of hydrogen-bond acceptors (Lipinski definition) is 9. The van der Waals surface area contributed by atoms with Crippen molar-refractivity contribution in [2.75, 3.05) is 43.4 Å². The van der Waals surface area contributed by atoms with Gasteiger partial charge in [0.15, 0.2) is 10.9 Å². The summed E-state index contributed by atoms with van der Waals surface area (Å²) in [5.74, 6) is -0.404. The molecule has 0 amide bonds. The highest BCUT2D eigenvalue weighted by atomic mass is 35.5. The minimum absolute atomic E-state index is 0.00198. The quantitative estimate of drug-likeness (QED) is 0.294. The lowest BCUT2D eigenvalue weighted by Crippen LogP contribution is -2.43. The van der Waals surface area contributed by atoms with E-state index in [4.69, 9.17) is 27.1 Å². The lowest BCUT2D eigenvalue weighted by Gasteiger charge is -2.32. The van der Waals surface area contributed by atoms with E-state index in [0.29, 0.717) is 23.4 Å². The van der Waals surface area contributed by atoms with Gasteiger partial charge in [-0.1, -0.05) is 22.9 Å². The Morgan fingerprint density at radius 3 is 2.71 bits per heavy atom. The molecule has 6 heterocycles. The second-order valence-corrected chi connectivity index (χ2v) is 13.5. The number of aromatic nitrogens is 3. The molecular weight excluding hydrogens is 580 g/mol. The number of nitrogens with zero attached hydrogens (tertiary/aromatic N) is 5. The monoisotopic (exact) mass is 611 g/mol. The molecule has 3 N–H and O–H groups in total. The topological polar surface area (TPSA) is 92.4 Å². The zero-order valence-corrected chi connectivity index (χ0v) is 24.7. The first-order valence-electron chi connectivity index (χ1n) is 14.8. The summed E-state index contributed by atoms with van der Waals surface area (Å²) in [6.45, 7) is 4.41. The van der Waals surface area contributed by atoms with Crippen molar-refractivity contribution in [1.29, 1.82) is 0 Å². The molecule has 42 heavy (non-hydrogen) atoms. The first kappa shape index (κ1) is 26.7. The van der Waals surface area contributed by atoms with E-state index in [9.17, 15) is 4.39 Å². The number of nitrogens with two attached hydrogens (primary N) is 1. The average Bonchev–Trinajstić information content (AvgIpc) is 3.70. The number of nitrogens with one attached hydrogen (secondary N) is 1. The molecule has 220 valence electrons. The van der Waals surface area contributed by atoms with Crippen molar-refractivity contribution >= 4 is 55.0 Å². The first-order chi connectivity index (χ1) is 20.4. The number of ether oxygens (including phenoxy) is 1. The fraction of sp³-hybridized carbons (Fsp3) is 0.500. The summed E-state index contributed by atoms with van der Waals surface area (Å²) in [5.41, 5.74) is 6.83. The van der Waals surface area contributed by atoms with Crippen LogP contribution in [0.3, 0.4) is 0 Å². The van der Waals surface area contributed by atoms with Crippen molar-refractivity contribution in [2.45, 2.75) is 62.6 Å². The number of anilines is 2. The summed E-state index contributed by atoms with van der Waals surface area (Å²) >= 11 is 7.88. The molecule has 0 aliphatic carbocycles. The molecule has 4 aliphatic heterocycles. The number of fused-ring (bicyclic) bond motifs is 5. The van der Waals surface area contributed by atoms with E-state index in [1.807, 2.05) is 0 Å². The molecule has 2 bridgehead atoms. The Labute approximate surface area is 251 Å². The van der Waals surface area contributed by atoms with Crippen LogP contribution in [0, 0.1) is 11.6 Å². The minimum Gasteiger partial charge on any atom is -0.461 e. The van der Waals surface area contributed by atoms with E-state index in [-0.39, 0.29) is 55.1 Å². The van der Waals surface area contributed by atoms with Gasteiger partial charge in [-0.3, -0.25) is 4.90 Å². The van der Waals surface area contributed by atoms with Crippen LogP contribution in [-0.2, 0) is 0 Å². The van der Waals surface area contributed by atoms with Gasteiger partial charge in [-0.2, -0.15) is 9.97 Å². The van der Waals surface area contributed by atoms with Gasteiger partial charge in [0.05, 0.1) is 20.8 Å². The normalized spacial score (nSPS) is 23.6. The smallest absolute Gasteiger partial charge is 0.319 e. The number of hydrogen-bond donors (Lipinski definition) is 2. The van der Waals surface area contributed by atoms with Crippen molar-refractivity contribution in [3.8, 4) is 17.1 Å². The van der Waals surface area contributed by atoms with Crippen molar-refractivity contribution in [3.63, 3.8) is 0 Å². The first-order valence-corrected chi connectivity index (χ1v) is 16.0. The minimum atomic E-state index is -0.604. The van der Waals surface area contributed by atoms with Crippen LogP contribution in [0.2, 0.25) is 5.02 Å². The molecule has 8 nitrogen and oxygen atoms in total. The highest BCUT2D eigenvalue weighted by Crippen LogP contribution is 2.45. The molecule has 2 aromatic carbocycles. The number of halogens is 3. The molecule has 4 aliphatic rings. The largest absolute Gasteiger partial charge is 0.461 e. The van der Waals surface area contributed by atoms with Crippen molar-refractivity contribution in [2.24, 2.45) is 0 Å². The SMILES string of the molecule is Nc1nc2c(-c3c(Cl)cc4c(N5C6CCNCC5CC6)nc(OCC56CCCN5CCC6)nc4c3F)ccc(F)c2s1. The van der Waals surface area contributed by atoms with Crippen molar-refractivity contribution < 1.29 is 13.5 Å². The van der Waals surface area contributed by atoms with Crippen LogP contribution in [-0.4, -0.2) is 70.3 Å². The maximum Gasteiger partial charge on any atom is 0.319 e. The molecule has 4 saturated heterocycles. The van der Waals surface area contributed by atoms with Gasteiger partial charge in [0.1, 0.15) is 23.8 Å². The molecule has 2 unspecified atom stereocenters. The van der Waals surface area contributed by atoms with Crippen LogP contribution in [0.4, 0.5) is 19.7 Å². The lowest BCUT2D eigenvalue weighted by atomic mass is 9.95. The summed E-state index contributed by atoms with van der Waals surface area (Å²) in [7, 11) is 0. The van der Waals surface area contributed by atoms with Gasteiger partial charge in [0.25, 0.3) is 0 Å². The Morgan fingerprint density at radius 2 is 1.88 bits per heavy atom. The maximum absolute atomic E-state index is 16.8. The molecule has 2 aromatic heterocycles. The van der Waals surface area contributed by atoms with E-state index in [1.165, 1.54) is 12.1 Å². The third kappa shape index (κ3) is 4.15. The number of benzene rings is 2. The van der Waals surface area contributed by atoms with Gasteiger partial charge < -0.3 is 20.7 Å². The van der Waals surface area contributed by atoms with Crippen LogP contribution in [0.25, 0.3) is 32.2 Å². The van der Waals surface area contributed by atoms with Gasteiger partial charge in [0, 0.05) is 35.1 Å². The summed E-state index contributed by atoms with van der Waals surface area (Å²) in [5, 5.41) is 4.47. The summed E-state index contributed by atoms with van der Waals surface area (Å²) in [6.07, 6.45) is 7.54. The van der Waals surface area contributed by atoms with E-state index in [1.54, 1.807) is 6.07 Å². The second-order valence-electron chi connectivity index (χ2n) is 12.1. The number of rotatable bonds is 5. The Balaban J connectivity index is 1.30. The highest BCUT2D eigenvalue weighted by Gasteiger charge is 2.45. The van der Waals surface area contributed by atoms with Crippen LogP contribution in [0.15, 0.2) is 18.2 Å². The predicted octanol–water partition coefficient (Wildman–Crippen LogP) is 5.76. The van der Waals surface area contributed by atoms with Crippen molar-refractivity contribution in [3.05, 3.63) is 34.9 Å². The van der Waals surface area contributed by atoms with Crippen LogP contribution in [0.1, 0.15) is 44.9 Å². The molecule has 4 fully saturated rings. The molecule has 12 heteroatoms. The lowest BCUT2D eigenvalue weighted by molar-refractivity contribution is 0.108. The second kappa shape index (κ2) is 10.1. The highest BCUT2D eigenvalue weighted by molar-refractivity contribution is 7.22. The van der Waals surface area contributed by atoms with Crippen LogP contribution < -0.4 is 20.7 Å². The van der Waals surface area contributed by atoms with E-state index in [0.717, 1.165) is 82.5 Å². The fourth-order valence-corrected chi connectivity index (χ4v) is 8.91. The Kier molecular flexibility index (Phi) is 6.44. The third-order valence-electron chi connectivity index (χ3n) is 9.80. The van der Waals surface area contributed by atoms with Gasteiger partial charge in [0.2, 0.25) is 0 Å². The molecule has 0 saturated carbocycles. The molecule has 2 atom stereocenters. The third-order valence-corrected chi connectivity index (χ3v) is 11.0. The van der Waals surface area contributed by atoms with Crippen molar-refractivity contribution in [1.82, 2.24) is 25.2 Å². The van der Waals surface area contributed by atoms with Gasteiger partial charge >= 0.3 is 6.01 Å². The predicted molar refractivity (Wildman–Crippen MR) is 163 cm³/mol. The number of nitrogen functional groups attached to an aromatic ring is 1. The fourth-order valence-electron chi connectivity index (χ4n) is 7.85. The Bertz CT molecular complexity index is 1690. The average molecular weight is 612 g/mol. The summed E-state index contributed by atoms with van der Waals surface area (Å²) < 4.78 is 38.1. The number of thiazole rings is 1. The van der Waals surface area contributed by atoms with E-state index < -0.39 is 11.6 Å². The van der Waals surface area contributed by atoms with Gasteiger partial charge in [-0.25, -0.2) is 13.8 Å². The Morgan fingerprint density at radius 1 is 1.07 bits per heavy atom. The molecule has 4 aromatic rings. The van der Waals surface area contributed by atoms with E-state index >= 15 is 4.39 Å². The van der Waals surface area contributed by atoms with Crippen LogP contribution >= 0.6 is 22.9 Å². The van der Waals surface area contributed by atoms with Crippen LogP contribution in [0.5, 0.6) is 6.01 Å². The van der Waals surface area contributed by atoms with Gasteiger partial charge in [-0.05, 0) is 82.8 Å². The maximum atomic E-state index is 16.8. The standard InChI is InChI=1S/C30H32ClF2N7OS/c31-20-13-19-24(23(33)22(20)18-5-6-21(32)26-25(18)36-28(34)42-26)37-29(41-15-30-8-1-11-39(30)12-2-9-30)38-27(19)40-16-3-4-17(40)14-35-10-7-16/h5-6,13,16-17,35H,1-4,7-12,14-15H2,(H2,34,36). The van der Waals surface area contributed by atoms with E-state index in [2.05, 4.69) is 25.1 Å². The Hall–Kier alpha value is -2.86. The molecular formula is C30H32ClF2N7OS.